The van der Waals surface area contributed by atoms with E-state index in [1.54, 1.807) is 36.4 Å². The zero-order valence-corrected chi connectivity index (χ0v) is 19.0. The molecule has 1 saturated heterocycles. The van der Waals surface area contributed by atoms with Crippen LogP contribution in [-0.2, 0) is 9.59 Å². The molecule has 10 heteroatoms. The average Bonchev–Trinajstić information content (AvgIpc) is 3.19. The second-order valence-electron chi connectivity index (χ2n) is 8.52. The zero-order valence-electron chi connectivity index (χ0n) is 19.0. The number of amidine groups is 1. The van der Waals surface area contributed by atoms with Gasteiger partial charge >= 0.3 is 0 Å². The summed E-state index contributed by atoms with van der Waals surface area (Å²) < 4.78 is 29.0. The second kappa shape index (κ2) is 11.0. The Balaban J connectivity index is 1.87. The first-order chi connectivity index (χ1) is 16.2. The van der Waals surface area contributed by atoms with Gasteiger partial charge in [-0.1, -0.05) is 61.5 Å². The molecule has 0 aromatic heterocycles. The maximum absolute atomic E-state index is 14.8. The lowest BCUT2D eigenvalue weighted by Crippen LogP contribution is -2.47. The third-order valence-corrected chi connectivity index (χ3v) is 5.77. The molecule has 4 N–H and O–H groups in total. The minimum Gasteiger partial charge on any atom is -0.343 e. The summed E-state index contributed by atoms with van der Waals surface area (Å²) in [5.41, 5.74) is 1.80. The number of halogens is 2. The minimum absolute atomic E-state index is 0.00380. The van der Waals surface area contributed by atoms with E-state index in [0.29, 0.717) is 16.7 Å². The summed E-state index contributed by atoms with van der Waals surface area (Å²) in [5, 5.41) is 16.7. The van der Waals surface area contributed by atoms with Crippen LogP contribution in [0.4, 0.5) is 8.78 Å². The van der Waals surface area contributed by atoms with Crippen molar-refractivity contribution in [2.45, 2.75) is 50.9 Å². The van der Waals surface area contributed by atoms with Gasteiger partial charge in [0.25, 0.3) is 0 Å². The fourth-order valence-electron chi connectivity index (χ4n) is 4.09. The minimum atomic E-state index is -1.39. The third kappa shape index (κ3) is 5.81. The number of hydrogen-bond acceptors (Lipinski definition) is 4. The molecule has 1 aliphatic rings. The van der Waals surface area contributed by atoms with Crippen molar-refractivity contribution in [3.8, 4) is 0 Å². The van der Waals surface area contributed by atoms with Crippen LogP contribution in [0, 0.1) is 11.2 Å². The van der Waals surface area contributed by atoms with Crippen LogP contribution in [0.5, 0.6) is 0 Å². The molecule has 2 aromatic carbocycles. The van der Waals surface area contributed by atoms with E-state index in [-0.39, 0.29) is 24.7 Å². The molecule has 1 heterocycles. The Morgan fingerprint density at radius 2 is 1.91 bits per heavy atom. The normalized spacial score (nSPS) is 18.9. The standard InChI is InChI=1S/C24H28F2N6O2/c1-14(2)18-9-8-16(10-19(18)26)23(15-6-4-3-5-7-15)29-24(34)20-11-17(25)13-32(20)22(33)12-21(27)30-31-28/h3-10,14,17,20,23H,11-13H2,1-2H3,(H,29,34)(H3,27,28,30)/t17-,20+,23-/m1/s1. The highest BCUT2D eigenvalue weighted by Gasteiger charge is 2.40. The number of carbonyl (C=O) groups excluding carboxylic acids is 2. The van der Waals surface area contributed by atoms with E-state index in [1.807, 2.05) is 19.9 Å². The molecule has 3 atom stereocenters. The molecule has 0 unspecified atom stereocenters. The molecular weight excluding hydrogens is 442 g/mol. The summed E-state index contributed by atoms with van der Waals surface area (Å²) in [5.74, 6) is 2.94. The van der Waals surface area contributed by atoms with Crippen LogP contribution in [0.15, 0.2) is 58.9 Å². The summed E-state index contributed by atoms with van der Waals surface area (Å²) in [6.45, 7) is 3.52. The fourth-order valence-corrected chi connectivity index (χ4v) is 4.09. The molecule has 2 amide bonds. The summed E-state index contributed by atoms with van der Waals surface area (Å²) >= 11 is 0. The second-order valence-corrected chi connectivity index (χ2v) is 8.52. The largest absolute Gasteiger partial charge is 0.343 e. The average molecular weight is 471 g/mol. The van der Waals surface area contributed by atoms with Crippen LogP contribution in [-0.4, -0.2) is 41.3 Å². The lowest BCUT2D eigenvalue weighted by molar-refractivity contribution is -0.137. The van der Waals surface area contributed by atoms with Gasteiger partial charge in [-0.25, -0.2) is 8.78 Å². The van der Waals surface area contributed by atoms with Crippen LogP contribution in [0.3, 0.4) is 0 Å². The smallest absolute Gasteiger partial charge is 0.243 e. The number of rotatable bonds is 7. The third-order valence-electron chi connectivity index (χ3n) is 5.77. The van der Waals surface area contributed by atoms with Crippen molar-refractivity contribution in [2.24, 2.45) is 16.2 Å². The highest BCUT2D eigenvalue weighted by molar-refractivity contribution is 6.00. The molecule has 34 heavy (non-hydrogen) atoms. The van der Waals surface area contributed by atoms with Gasteiger partial charge in [-0.05, 0) is 28.7 Å². The fraction of sp³-hybridized carbons (Fsp3) is 0.375. The first-order valence-electron chi connectivity index (χ1n) is 11.0. The van der Waals surface area contributed by atoms with Crippen LogP contribution in [0.2, 0.25) is 0 Å². The number of alkyl halides is 1. The Hall–Kier alpha value is -3.69. The van der Waals surface area contributed by atoms with Gasteiger partial charge in [0.1, 0.15) is 18.0 Å². The van der Waals surface area contributed by atoms with Gasteiger partial charge in [-0.2, -0.15) is 0 Å². The van der Waals surface area contributed by atoms with Crippen molar-refractivity contribution in [2.75, 3.05) is 6.54 Å². The van der Waals surface area contributed by atoms with Gasteiger partial charge in [0.2, 0.25) is 11.8 Å². The van der Waals surface area contributed by atoms with E-state index in [0.717, 1.165) is 4.90 Å². The van der Waals surface area contributed by atoms with Crippen molar-refractivity contribution in [1.82, 2.24) is 10.2 Å². The Kier molecular flexibility index (Phi) is 8.04. The molecule has 2 aromatic rings. The predicted molar refractivity (Wildman–Crippen MR) is 123 cm³/mol. The van der Waals surface area contributed by atoms with Gasteiger partial charge in [-0.3, -0.25) is 15.0 Å². The molecule has 0 bridgehead atoms. The number of likely N-dealkylation sites (tertiary alicyclic amines) is 1. The Morgan fingerprint density at radius 1 is 1.21 bits per heavy atom. The van der Waals surface area contributed by atoms with Crippen molar-refractivity contribution >= 4 is 17.6 Å². The van der Waals surface area contributed by atoms with E-state index < -0.39 is 42.3 Å². The molecule has 3 rings (SSSR count). The number of amides is 2. The first kappa shape index (κ1) is 24.9. The van der Waals surface area contributed by atoms with E-state index in [4.69, 9.17) is 11.3 Å². The molecular formula is C24H28F2N6O2. The Bertz CT molecular complexity index is 1080. The zero-order chi connectivity index (χ0) is 24.8. The van der Waals surface area contributed by atoms with Crippen LogP contribution in [0.25, 0.3) is 0 Å². The first-order valence-corrected chi connectivity index (χ1v) is 11.0. The van der Waals surface area contributed by atoms with Crippen LogP contribution >= 0.6 is 0 Å². The van der Waals surface area contributed by atoms with Gasteiger partial charge in [0.05, 0.1) is 19.0 Å². The van der Waals surface area contributed by atoms with E-state index in [2.05, 4.69) is 15.7 Å². The topological polar surface area (TPSA) is 124 Å². The Morgan fingerprint density at radius 3 is 2.53 bits per heavy atom. The molecule has 1 fully saturated rings. The maximum Gasteiger partial charge on any atom is 0.243 e. The number of nitrogens with zero attached hydrogens (tertiary/aromatic N) is 3. The van der Waals surface area contributed by atoms with Crippen LogP contribution in [0.1, 0.15) is 55.3 Å². The summed E-state index contributed by atoms with van der Waals surface area (Å²) in [6, 6.07) is 12.1. The van der Waals surface area contributed by atoms with Crippen molar-refractivity contribution in [1.29, 1.82) is 5.41 Å². The molecule has 0 saturated carbocycles. The molecule has 0 aliphatic carbocycles. The van der Waals surface area contributed by atoms with E-state index in [9.17, 15) is 18.4 Å². The van der Waals surface area contributed by atoms with Gasteiger partial charge in [-0.15, -0.1) is 5.11 Å². The molecule has 180 valence electrons. The molecule has 1 aliphatic heterocycles. The lowest BCUT2D eigenvalue weighted by Gasteiger charge is -2.27. The van der Waals surface area contributed by atoms with E-state index >= 15 is 0 Å². The summed E-state index contributed by atoms with van der Waals surface area (Å²) in [4.78, 5) is 27.0. The highest BCUT2D eigenvalue weighted by atomic mass is 19.1. The number of hydrogen-bond donors (Lipinski definition) is 3. The molecule has 0 spiro atoms. The predicted octanol–water partition coefficient (Wildman–Crippen LogP) is 3.79. The van der Waals surface area contributed by atoms with E-state index in [1.165, 1.54) is 6.07 Å². The molecule has 0 radical (unpaired) electrons. The SMILES string of the molecule is CC(C)c1ccc([C@H](NC(=O)[C@@H]2C[C@@H](F)CN2C(=O)CC(=N)N=NN)c2ccccc2)cc1F. The Labute approximate surface area is 196 Å². The maximum atomic E-state index is 14.8. The van der Waals surface area contributed by atoms with Crippen molar-refractivity contribution in [3.05, 3.63) is 71.0 Å². The van der Waals surface area contributed by atoms with Gasteiger partial charge in [0, 0.05) is 6.42 Å². The summed E-state index contributed by atoms with van der Waals surface area (Å²) in [7, 11) is 0. The van der Waals surface area contributed by atoms with Crippen molar-refractivity contribution < 1.29 is 18.4 Å². The van der Waals surface area contributed by atoms with Gasteiger partial charge in [0.15, 0.2) is 5.84 Å². The number of benzene rings is 2. The summed E-state index contributed by atoms with van der Waals surface area (Å²) in [6.07, 6.45) is -2.02. The quantitative estimate of drug-likeness (QED) is 0.187. The van der Waals surface area contributed by atoms with Gasteiger partial charge < -0.3 is 16.1 Å². The van der Waals surface area contributed by atoms with Crippen LogP contribution < -0.4 is 11.2 Å². The monoisotopic (exact) mass is 470 g/mol. The molecule has 8 nitrogen and oxygen atoms in total. The number of carbonyl (C=O) groups is 2. The lowest BCUT2D eigenvalue weighted by atomic mass is 9.94. The highest BCUT2D eigenvalue weighted by Crippen LogP contribution is 2.28. The van der Waals surface area contributed by atoms with Crippen molar-refractivity contribution in [3.63, 3.8) is 0 Å². The number of nitrogens with one attached hydrogen (secondary N) is 2. The number of nitrogens with two attached hydrogens (primary N) is 1.